The van der Waals surface area contributed by atoms with E-state index in [4.69, 9.17) is 5.11 Å². The van der Waals surface area contributed by atoms with Crippen LogP contribution >= 0.6 is 0 Å². The Morgan fingerprint density at radius 3 is 2.29 bits per heavy atom. The standard InChI is InChI=1S/C13H13F3N2O3/c14-13(15,16)9-3-1-8(2-4-9)12(21)17-5-11(20)18-6-10(19)7-18/h1-4,10,19H,5-7H2,(H,17,21). The predicted octanol–water partition coefficient (Wildman–Crippen LogP) is 0.638. The number of nitrogens with one attached hydrogen (secondary N) is 1. The van der Waals surface area contributed by atoms with Crippen LogP contribution in [0.1, 0.15) is 15.9 Å². The molecule has 5 nitrogen and oxygen atoms in total. The predicted molar refractivity (Wildman–Crippen MR) is 66.4 cm³/mol. The number of hydrogen-bond donors (Lipinski definition) is 2. The van der Waals surface area contributed by atoms with Crippen molar-refractivity contribution in [1.29, 1.82) is 0 Å². The molecule has 2 amide bonds. The minimum absolute atomic E-state index is 0.0412. The van der Waals surface area contributed by atoms with E-state index >= 15 is 0 Å². The van der Waals surface area contributed by atoms with Gasteiger partial charge in [0.05, 0.1) is 18.2 Å². The number of benzene rings is 1. The van der Waals surface area contributed by atoms with Gasteiger partial charge in [-0.2, -0.15) is 13.2 Å². The number of alkyl halides is 3. The second-order valence-corrected chi connectivity index (χ2v) is 4.71. The summed E-state index contributed by atoms with van der Waals surface area (Å²) in [5, 5.41) is 11.4. The minimum atomic E-state index is -4.46. The zero-order chi connectivity index (χ0) is 15.6. The maximum atomic E-state index is 12.4. The fourth-order valence-electron chi connectivity index (χ4n) is 1.84. The number of carbonyl (C=O) groups is 2. The summed E-state index contributed by atoms with van der Waals surface area (Å²) >= 11 is 0. The van der Waals surface area contributed by atoms with Crippen molar-refractivity contribution in [2.75, 3.05) is 19.6 Å². The van der Waals surface area contributed by atoms with Crippen LogP contribution in [0.15, 0.2) is 24.3 Å². The third-order valence-corrected chi connectivity index (χ3v) is 3.09. The lowest BCUT2D eigenvalue weighted by Crippen LogP contribution is -2.55. The Kier molecular flexibility index (Phi) is 4.17. The lowest BCUT2D eigenvalue weighted by molar-refractivity contribution is -0.140. The molecule has 2 N–H and O–H groups in total. The van der Waals surface area contributed by atoms with Crippen molar-refractivity contribution in [1.82, 2.24) is 10.2 Å². The zero-order valence-electron chi connectivity index (χ0n) is 10.9. The molecular formula is C13H13F3N2O3. The third kappa shape index (κ3) is 3.72. The fraction of sp³-hybridized carbons (Fsp3) is 0.385. The third-order valence-electron chi connectivity index (χ3n) is 3.09. The fourth-order valence-corrected chi connectivity index (χ4v) is 1.84. The van der Waals surface area contributed by atoms with E-state index in [1.54, 1.807) is 0 Å². The van der Waals surface area contributed by atoms with Gasteiger partial charge in [-0.05, 0) is 24.3 Å². The molecule has 0 aliphatic carbocycles. The second kappa shape index (κ2) is 5.72. The Morgan fingerprint density at radius 1 is 1.24 bits per heavy atom. The molecule has 0 radical (unpaired) electrons. The van der Waals surface area contributed by atoms with Crippen LogP contribution in [0.3, 0.4) is 0 Å². The highest BCUT2D eigenvalue weighted by atomic mass is 19.4. The van der Waals surface area contributed by atoms with Gasteiger partial charge in [0.1, 0.15) is 0 Å². The van der Waals surface area contributed by atoms with Crippen LogP contribution in [0.5, 0.6) is 0 Å². The summed E-state index contributed by atoms with van der Waals surface area (Å²) in [5.41, 5.74) is -0.802. The first-order valence-electron chi connectivity index (χ1n) is 6.18. The van der Waals surface area contributed by atoms with Crippen molar-refractivity contribution in [2.45, 2.75) is 12.3 Å². The van der Waals surface area contributed by atoms with Crippen molar-refractivity contribution >= 4 is 11.8 Å². The molecule has 0 spiro atoms. The number of rotatable bonds is 3. The van der Waals surface area contributed by atoms with Crippen LogP contribution in [-0.2, 0) is 11.0 Å². The first-order chi connectivity index (χ1) is 9.77. The number of aliphatic hydroxyl groups is 1. The SMILES string of the molecule is O=C(NCC(=O)N1CC(O)C1)c1ccc(C(F)(F)F)cc1. The summed E-state index contributed by atoms with van der Waals surface area (Å²) in [6.07, 6.45) is -4.98. The second-order valence-electron chi connectivity index (χ2n) is 4.71. The zero-order valence-corrected chi connectivity index (χ0v) is 10.9. The summed E-state index contributed by atoms with van der Waals surface area (Å²) in [6.45, 7) is 0.205. The molecule has 2 rings (SSSR count). The summed E-state index contributed by atoms with van der Waals surface area (Å²) in [5.74, 6) is -0.973. The highest BCUT2D eigenvalue weighted by Gasteiger charge is 2.30. The van der Waals surface area contributed by atoms with E-state index in [9.17, 15) is 22.8 Å². The van der Waals surface area contributed by atoms with Crippen LogP contribution in [0.25, 0.3) is 0 Å². The largest absolute Gasteiger partial charge is 0.416 e. The smallest absolute Gasteiger partial charge is 0.389 e. The van der Waals surface area contributed by atoms with E-state index in [0.717, 1.165) is 24.3 Å². The summed E-state index contributed by atoms with van der Waals surface area (Å²) in [4.78, 5) is 24.6. The Morgan fingerprint density at radius 2 is 1.81 bits per heavy atom. The summed E-state index contributed by atoms with van der Waals surface area (Å²) in [6, 6.07) is 3.72. The normalized spacial score (nSPS) is 15.5. The number of aliphatic hydroxyl groups excluding tert-OH is 1. The average Bonchev–Trinajstić information content (AvgIpc) is 2.40. The van der Waals surface area contributed by atoms with Crippen LogP contribution in [0.2, 0.25) is 0 Å². The number of amides is 2. The number of likely N-dealkylation sites (tertiary alicyclic amines) is 1. The molecule has 0 atom stereocenters. The maximum absolute atomic E-state index is 12.4. The number of halogens is 3. The molecule has 1 fully saturated rings. The molecule has 1 aliphatic rings. The van der Waals surface area contributed by atoms with E-state index in [-0.39, 0.29) is 31.1 Å². The van der Waals surface area contributed by atoms with Gasteiger partial charge in [0.2, 0.25) is 5.91 Å². The molecule has 0 saturated carbocycles. The Hall–Kier alpha value is -2.09. The molecule has 0 bridgehead atoms. The molecule has 114 valence electrons. The van der Waals surface area contributed by atoms with Gasteiger partial charge >= 0.3 is 6.18 Å². The topological polar surface area (TPSA) is 69.6 Å². The molecule has 21 heavy (non-hydrogen) atoms. The van der Waals surface area contributed by atoms with Crippen molar-refractivity contribution in [3.8, 4) is 0 Å². The van der Waals surface area contributed by atoms with Gasteiger partial charge in [-0.1, -0.05) is 0 Å². The highest BCUT2D eigenvalue weighted by Crippen LogP contribution is 2.29. The van der Waals surface area contributed by atoms with Crippen LogP contribution in [0.4, 0.5) is 13.2 Å². The maximum Gasteiger partial charge on any atom is 0.416 e. The van der Waals surface area contributed by atoms with E-state index < -0.39 is 23.8 Å². The van der Waals surface area contributed by atoms with Crippen molar-refractivity contribution in [2.24, 2.45) is 0 Å². The van der Waals surface area contributed by atoms with Crippen molar-refractivity contribution in [3.05, 3.63) is 35.4 Å². The van der Waals surface area contributed by atoms with Gasteiger partial charge in [-0.3, -0.25) is 9.59 Å². The first-order valence-corrected chi connectivity index (χ1v) is 6.18. The molecule has 0 aromatic heterocycles. The molecule has 1 aliphatic heterocycles. The molecular weight excluding hydrogens is 289 g/mol. The van der Waals surface area contributed by atoms with Gasteiger partial charge in [-0.25, -0.2) is 0 Å². The lowest BCUT2D eigenvalue weighted by atomic mass is 10.1. The number of nitrogens with zero attached hydrogens (tertiary/aromatic N) is 1. The summed E-state index contributed by atoms with van der Waals surface area (Å²) in [7, 11) is 0. The summed E-state index contributed by atoms with van der Waals surface area (Å²) < 4.78 is 37.1. The van der Waals surface area contributed by atoms with Crippen molar-refractivity contribution < 1.29 is 27.9 Å². The van der Waals surface area contributed by atoms with Gasteiger partial charge in [0, 0.05) is 18.7 Å². The monoisotopic (exact) mass is 302 g/mol. The Bertz CT molecular complexity index is 537. The average molecular weight is 302 g/mol. The molecule has 1 saturated heterocycles. The van der Waals surface area contributed by atoms with Gasteiger partial charge in [0.25, 0.3) is 5.91 Å². The van der Waals surface area contributed by atoms with E-state index in [1.165, 1.54) is 4.90 Å². The van der Waals surface area contributed by atoms with E-state index in [2.05, 4.69) is 5.32 Å². The molecule has 8 heteroatoms. The highest BCUT2D eigenvalue weighted by molar-refractivity contribution is 5.96. The van der Waals surface area contributed by atoms with E-state index in [0.29, 0.717) is 0 Å². The Balaban J connectivity index is 1.87. The van der Waals surface area contributed by atoms with E-state index in [1.807, 2.05) is 0 Å². The number of hydrogen-bond acceptors (Lipinski definition) is 3. The lowest BCUT2D eigenvalue weighted by Gasteiger charge is -2.35. The van der Waals surface area contributed by atoms with Crippen LogP contribution in [0, 0.1) is 0 Å². The van der Waals surface area contributed by atoms with Crippen LogP contribution < -0.4 is 5.32 Å². The van der Waals surface area contributed by atoms with Gasteiger partial charge < -0.3 is 15.3 Å². The number of β-amino-alcohol motifs (C(OH)–C–C–N with tert-alkyl or cyclic N) is 1. The number of carbonyl (C=O) groups excluding carboxylic acids is 2. The molecule has 1 aromatic rings. The Labute approximate surface area is 118 Å². The quantitative estimate of drug-likeness (QED) is 0.861. The molecule has 1 heterocycles. The minimum Gasteiger partial charge on any atom is -0.389 e. The first kappa shape index (κ1) is 15.3. The van der Waals surface area contributed by atoms with Gasteiger partial charge in [-0.15, -0.1) is 0 Å². The molecule has 1 aromatic carbocycles. The van der Waals surface area contributed by atoms with Crippen molar-refractivity contribution in [3.63, 3.8) is 0 Å². The van der Waals surface area contributed by atoms with Crippen LogP contribution in [-0.4, -0.2) is 47.6 Å². The van der Waals surface area contributed by atoms with Gasteiger partial charge in [0.15, 0.2) is 0 Å². The molecule has 0 unspecified atom stereocenters.